The van der Waals surface area contributed by atoms with E-state index in [4.69, 9.17) is 4.74 Å². The minimum absolute atomic E-state index is 0.0299. The molecule has 3 aromatic rings. The average molecular weight is 407 g/mol. The first-order valence-corrected chi connectivity index (χ1v) is 10.9. The molecule has 0 aliphatic carbocycles. The monoisotopic (exact) mass is 406 g/mol. The number of benzene rings is 2. The molecule has 2 aromatic carbocycles. The van der Waals surface area contributed by atoms with E-state index in [0.717, 1.165) is 35.8 Å². The molecular weight excluding hydrogens is 380 g/mol. The molecule has 150 valence electrons. The number of likely N-dealkylation sites (tertiary alicyclic amines) is 1. The Morgan fingerprint density at radius 3 is 2.52 bits per heavy atom. The highest BCUT2D eigenvalue weighted by Gasteiger charge is 2.29. The molecule has 1 aromatic heterocycles. The smallest absolute Gasteiger partial charge is 0.273 e. The SMILES string of the molecule is COc1ccc(C2CCN(C(=O)c3csc(-c4ccc(C(C)C)cc4)n3)C2)cc1. The van der Waals surface area contributed by atoms with Gasteiger partial charge in [0.05, 0.1) is 7.11 Å². The lowest BCUT2D eigenvalue weighted by atomic mass is 9.98. The second-order valence-electron chi connectivity index (χ2n) is 7.82. The van der Waals surface area contributed by atoms with Crippen molar-refractivity contribution >= 4 is 17.2 Å². The van der Waals surface area contributed by atoms with Crippen LogP contribution in [0.25, 0.3) is 10.6 Å². The number of ether oxygens (including phenoxy) is 1. The van der Waals surface area contributed by atoms with Crippen molar-refractivity contribution in [3.63, 3.8) is 0 Å². The summed E-state index contributed by atoms with van der Waals surface area (Å²) in [7, 11) is 1.67. The van der Waals surface area contributed by atoms with Gasteiger partial charge in [0, 0.05) is 30.0 Å². The van der Waals surface area contributed by atoms with Gasteiger partial charge in [-0.3, -0.25) is 4.79 Å². The van der Waals surface area contributed by atoms with Gasteiger partial charge in [-0.15, -0.1) is 11.3 Å². The zero-order chi connectivity index (χ0) is 20.4. The molecule has 1 aliphatic heterocycles. The molecule has 0 radical (unpaired) electrons. The lowest BCUT2D eigenvalue weighted by molar-refractivity contribution is 0.0786. The normalized spacial score (nSPS) is 16.4. The van der Waals surface area contributed by atoms with Gasteiger partial charge in [0.1, 0.15) is 16.5 Å². The van der Waals surface area contributed by atoms with Crippen molar-refractivity contribution in [2.24, 2.45) is 0 Å². The number of rotatable bonds is 5. The summed E-state index contributed by atoms with van der Waals surface area (Å²) < 4.78 is 5.23. The van der Waals surface area contributed by atoms with E-state index < -0.39 is 0 Å². The molecule has 1 unspecified atom stereocenters. The summed E-state index contributed by atoms with van der Waals surface area (Å²) in [6.45, 7) is 5.88. The predicted molar refractivity (Wildman–Crippen MR) is 118 cm³/mol. The summed E-state index contributed by atoms with van der Waals surface area (Å²) in [5.41, 5.74) is 4.18. The Kier molecular flexibility index (Phi) is 5.67. The number of amides is 1. The molecule has 5 heteroatoms. The third-order valence-electron chi connectivity index (χ3n) is 5.61. The van der Waals surface area contributed by atoms with Crippen LogP contribution in [0, 0.1) is 0 Å². The van der Waals surface area contributed by atoms with E-state index in [2.05, 4.69) is 55.2 Å². The van der Waals surface area contributed by atoms with E-state index in [9.17, 15) is 4.79 Å². The molecule has 4 nitrogen and oxygen atoms in total. The third kappa shape index (κ3) is 4.20. The fourth-order valence-corrected chi connectivity index (χ4v) is 4.57. The van der Waals surface area contributed by atoms with Crippen LogP contribution >= 0.6 is 11.3 Å². The minimum atomic E-state index is 0.0299. The zero-order valence-corrected chi connectivity index (χ0v) is 17.9. The molecule has 4 rings (SSSR count). The maximum Gasteiger partial charge on any atom is 0.273 e. The first kappa shape index (κ1) is 19.6. The Bertz CT molecular complexity index is 977. The molecular formula is C24H26N2O2S. The summed E-state index contributed by atoms with van der Waals surface area (Å²) in [5, 5.41) is 2.78. The maximum absolute atomic E-state index is 13.0. The van der Waals surface area contributed by atoms with Crippen molar-refractivity contribution in [2.75, 3.05) is 20.2 Å². The molecule has 29 heavy (non-hydrogen) atoms. The fraction of sp³-hybridized carbons (Fsp3) is 0.333. The predicted octanol–water partition coefficient (Wildman–Crippen LogP) is 5.57. The van der Waals surface area contributed by atoms with Crippen LogP contribution in [0.1, 0.15) is 53.7 Å². The Morgan fingerprint density at radius 2 is 1.86 bits per heavy atom. The highest BCUT2D eigenvalue weighted by atomic mass is 32.1. The van der Waals surface area contributed by atoms with Gasteiger partial charge >= 0.3 is 0 Å². The fourth-order valence-electron chi connectivity index (χ4n) is 3.77. The number of methoxy groups -OCH3 is 1. The van der Waals surface area contributed by atoms with Gasteiger partial charge < -0.3 is 9.64 Å². The van der Waals surface area contributed by atoms with Gasteiger partial charge in [-0.2, -0.15) is 0 Å². The highest BCUT2D eigenvalue weighted by molar-refractivity contribution is 7.13. The lowest BCUT2D eigenvalue weighted by Gasteiger charge is -2.15. The summed E-state index contributed by atoms with van der Waals surface area (Å²) in [6, 6.07) is 16.6. The maximum atomic E-state index is 13.0. The zero-order valence-electron chi connectivity index (χ0n) is 17.1. The van der Waals surface area contributed by atoms with Crippen molar-refractivity contribution in [2.45, 2.75) is 32.1 Å². The third-order valence-corrected chi connectivity index (χ3v) is 6.50. The number of aromatic nitrogens is 1. The summed E-state index contributed by atoms with van der Waals surface area (Å²) >= 11 is 1.53. The molecule has 0 saturated carbocycles. The Labute approximate surface area is 176 Å². The van der Waals surface area contributed by atoms with Gasteiger partial charge in [-0.25, -0.2) is 4.98 Å². The summed E-state index contributed by atoms with van der Waals surface area (Å²) in [4.78, 5) is 19.5. The van der Waals surface area contributed by atoms with Crippen LogP contribution in [-0.2, 0) is 0 Å². The van der Waals surface area contributed by atoms with Crippen LogP contribution in [0.3, 0.4) is 0 Å². The Balaban J connectivity index is 1.43. The van der Waals surface area contributed by atoms with E-state index in [1.165, 1.54) is 22.5 Å². The molecule has 1 amide bonds. The number of carbonyl (C=O) groups is 1. The number of hydrogen-bond donors (Lipinski definition) is 0. The molecule has 1 aliphatic rings. The Hall–Kier alpha value is -2.66. The van der Waals surface area contributed by atoms with Crippen molar-refractivity contribution in [1.29, 1.82) is 0 Å². The molecule has 1 atom stereocenters. The topological polar surface area (TPSA) is 42.4 Å². The first-order valence-electron chi connectivity index (χ1n) is 10.0. The lowest BCUT2D eigenvalue weighted by Crippen LogP contribution is -2.28. The Morgan fingerprint density at radius 1 is 1.14 bits per heavy atom. The molecule has 2 heterocycles. The molecule has 1 fully saturated rings. The van der Waals surface area contributed by atoms with E-state index in [0.29, 0.717) is 17.5 Å². The molecule has 1 saturated heterocycles. The van der Waals surface area contributed by atoms with E-state index in [1.54, 1.807) is 7.11 Å². The highest BCUT2D eigenvalue weighted by Crippen LogP contribution is 2.31. The molecule has 0 N–H and O–H groups in total. The van der Waals surface area contributed by atoms with Gasteiger partial charge in [0.15, 0.2) is 0 Å². The van der Waals surface area contributed by atoms with Crippen LogP contribution in [-0.4, -0.2) is 36.0 Å². The molecule has 0 spiro atoms. The van der Waals surface area contributed by atoms with Gasteiger partial charge in [0.2, 0.25) is 0 Å². The minimum Gasteiger partial charge on any atom is -0.497 e. The largest absolute Gasteiger partial charge is 0.497 e. The number of thiazole rings is 1. The molecule has 0 bridgehead atoms. The standard InChI is InChI=1S/C24H26N2O2S/c1-16(2)17-4-6-19(7-5-17)23-25-22(15-29-23)24(27)26-13-12-20(14-26)18-8-10-21(28-3)11-9-18/h4-11,15-16,20H,12-14H2,1-3H3. The first-order chi connectivity index (χ1) is 14.0. The van der Waals surface area contributed by atoms with E-state index >= 15 is 0 Å². The van der Waals surface area contributed by atoms with Gasteiger partial charge in [-0.1, -0.05) is 50.2 Å². The van der Waals surface area contributed by atoms with Crippen molar-refractivity contribution in [3.8, 4) is 16.3 Å². The average Bonchev–Trinajstić information content (AvgIpc) is 3.44. The number of nitrogens with zero attached hydrogens (tertiary/aromatic N) is 2. The van der Waals surface area contributed by atoms with Crippen LogP contribution in [0.4, 0.5) is 0 Å². The quantitative estimate of drug-likeness (QED) is 0.556. The summed E-state index contributed by atoms with van der Waals surface area (Å²) in [6.07, 6.45) is 0.978. The van der Waals surface area contributed by atoms with Crippen LogP contribution in [0.15, 0.2) is 53.9 Å². The van der Waals surface area contributed by atoms with E-state index in [-0.39, 0.29) is 5.91 Å². The van der Waals surface area contributed by atoms with Crippen LogP contribution in [0.5, 0.6) is 5.75 Å². The number of carbonyl (C=O) groups excluding carboxylic acids is 1. The van der Waals surface area contributed by atoms with Gasteiger partial charge in [0.25, 0.3) is 5.91 Å². The van der Waals surface area contributed by atoms with Crippen molar-refractivity contribution in [3.05, 3.63) is 70.7 Å². The number of hydrogen-bond acceptors (Lipinski definition) is 4. The van der Waals surface area contributed by atoms with Crippen LogP contribution in [0.2, 0.25) is 0 Å². The second kappa shape index (κ2) is 8.37. The van der Waals surface area contributed by atoms with Crippen molar-refractivity contribution < 1.29 is 9.53 Å². The van der Waals surface area contributed by atoms with Gasteiger partial charge in [-0.05, 0) is 35.6 Å². The summed E-state index contributed by atoms with van der Waals surface area (Å²) in [5.74, 6) is 1.76. The van der Waals surface area contributed by atoms with Crippen molar-refractivity contribution in [1.82, 2.24) is 9.88 Å². The van der Waals surface area contributed by atoms with E-state index in [1.807, 2.05) is 22.4 Å². The second-order valence-corrected chi connectivity index (χ2v) is 8.68. The van der Waals surface area contributed by atoms with Crippen LogP contribution < -0.4 is 4.74 Å².